The number of aromatic nitrogens is 2. The lowest BCUT2D eigenvalue weighted by Crippen LogP contribution is -2.53. The van der Waals surface area contributed by atoms with Gasteiger partial charge in [-0.3, -0.25) is 4.79 Å². The van der Waals surface area contributed by atoms with Gasteiger partial charge in [-0.25, -0.2) is 18.7 Å². The maximum atomic E-state index is 12.9. The van der Waals surface area contributed by atoms with Crippen molar-refractivity contribution in [2.24, 2.45) is 5.16 Å². The SMILES string of the molecule is Cc1cc(C)nc(N2CCC[C@]3(CC(C(=O)NC4CC(F)(F)C4)=NO3)C2)n1. The molecule has 3 aliphatic rings. The minimum absolute atomic E-state index is 0.272. The molecule has 1 atom stereocenters. The topological polar surface area (TPSA) is 79.7 Å². The van der Waals surface area contributed by atoms with E-state index in [1.807, 2.05) is 19.9 Å². The van der Waals surface area contributed by atoms with Crippen molar-refractivity contribution in [3.8, 4) is 0 Å². The fourth-order valence-electron chi connectivity index (χ4n) is 4.01. The summed E-state index contributed by atoms with van der Waals surface area (Å²) in [5.41, 5.74) is 1.49. The summed E-state index contributed by atoms with van der Waals surface area (Å²) in [4.78, 5) is 29.1. The molecule has 2 fully saturated rings. The van der Waals surface area contributed by atoms with E-state index in [2.05, 4.69) is 25.3 Å². The molecule has 1 aromatic rings. The van der Waals surface area contributed by atoms with Crippen molar-refractivity contribution in [2.75, 3.05) is 18.0 Å². The zero-order valence-corrected chi connectivity index (χ0v) is 15.5. The third-order valence-corrected chi connectivity index (χ3v) is 5.32. The second kappa shape index (κ2) is 6.38. The molecular weight excluding hydrogens is 356 g/mol. The molecule has 27 heavy (non-hydrogen) atoms. The molecule has 9 heteroatoms. The Labute approximate surface area is 156 Å². The average Bonchev–Trinajstić information content (AvgIpc) is 2.96. The molecule has 3 heterocycles. The molecule has 1 saturated heterocycles. The summed E-state index contributed by atoms with van der Waals surface area (Å²) in [6, 6.07) is 1.43. The molecule has 0 aromatic carbocycles. The summed E-state index contributed by atoms with van der Waals surface area (Å²) in [7, 11) is 0. The summed E-state index contributed by atoms with van der Waals surface area (Å²) >= 11 is 0. The Bertz CT molecular complexity index is 772. The Balaban J connectivity index is 1.39. The first-order valence-electron chi connectivity index (χ1n) is 9.25. The first kappa shape index (κ1) is 18.1. The number of nitrogens with one attached hydrogen (secondary N) is 1. The molecule has 1 saturated carbocycles. The van der Waals surface area contributed by atoms with Crippen LogP contribution in [0, 0.1) is 13.8 Å². The Kier molecular flexibility index (Phi) is 4.27. The Morgan fingerprint density at radius 3 is 2.67 bits per heavy atom. The number of piperidine rings is 1. The highest BCUT2D eigenvalue weighted by molar-refractivity contribution is 6.39. The van der Waals surface area contributed by atoms with E-state index in [0.717, 1.165) is 30.8 Å². The van der Waals surface area contributed by atoms with Gasteiger partial charge >= 0.3 is 0 Å². The minimum Gasteiger partial charge on any atom is -0.386 e. The molecule has 1 amide bonds. The first-order chi connectivity index (χ1) is 12.7. The van der Waals surface area contributed by atoms with Crippen LogP contribution in [0.4, 0.5) is 14.7 Å². The monoisotopic (exact) mass is 379 g/mol. The third kappa shape index (κ3) is 3.72. The zero-order valence-electron chi connectivity index (χ0n) is 15.5. The highest BCUT2D eigenvalue weighted by Crippen LogP contribution is 2.38. The molecule has 1 spiro atoms. The van der Waals surface area contributed by atoms with Gasteiger partial charge in [-0.1, -0.05) is 5.16 Å². The van der Waals surface area contributed by atoms with E-state index in [4.69, 9.17) is 4.84 Å². The average molecular weight is 379 g/mol. The van der Waals surface area contributed by atoms with Gasteiger partial charge in [0.1, 0.15) is 5.71 Å². The summed E-state index contributed by atoms with van der Waals surface area (Å²) in [5.74, 6) is -2.42. The smallest absolute Gasteiger partial charge is 0.269 e. The molecule has 2 aliphatic heterocycles. The summed E-state index contributed by atoms with van der Waals surface area (Å²) in [6.45, 7) is 5.21. The molecule has 0 bridgehead atoms. The number of hydrogen-bond acceptors (Lipinski definition) is 6. The number of aryl methyl sites for hydroxylation is 2. The highest BCUT2D eigenvalue weighted by atomic mass is 19.3. The van der Waals surface area contributed by atoms with Gasteiger partial charge in [0.15, 0.2) is 5.60 Å². The standard InChI is InChI=1S/C18H23F2N5O2/c1-11-6-12(2)22-16(21-11)25-5-3-4-17(10-25)9-14(24-27-17)15(26)23-13-7-18(19,20)8-13/h6,13H,3-5,7-10H2,1-2H3,(H,23,26)/t17-/m0/s1. The van der Waals surface area contributed by atoms with E-state index in [1.54, 1.807) is 0 Å². The quantitative estimate of drug-likeness (QED) is 0.870. The Hall–Kier alpha value is -2.32. The number of carbonyl (C=O) groups is 1. The van der Waals surface area contributed by atoms with Gasteiger partial charge in [-0.05, 0) is 32.8 Å². The van der Waals surface area contributed by atoms with Crippen LogP contribution in [0.3, 0.4) is 0 Å². The van der Waals surface area contributed by atoms with Gasteiger partial charge in [0.25, 0.3) is 11.8 Å². The first-order valence-corrected chi connectivity index (χ1v) is 9.25. The van der Waals surface area contributed by atoms with Crippen LogP contribution >= 0.6 is 0 Å². The number of carbonyl (C=O) groups excluding carboxylic acids is 1. The molecular formula is C18H23F2N5O2. The van der Waals surface area contributed by atoms with Crippen molar-refractivity contribution in [2.45, 2.75) is 63.5 Å². The van der Waals surface area contributed by atoms with E-state index in [1.165, 1.54) is 0 Å². The van der Waals surface area contributed by atoms with Crippen LogP contribution < -0.4 is 10.2 Å². The summed E-state index contributed by atoms with van der Waals surface area (Å²) in [6.07, 6.45) is 1.39. The zero-order chi connectivity index (χ0) is 19.2. The lowest BCUT2D eigenvalue weighted by atomic mass is 9.86. The van der Waals surface area contributed by atoms with Crippen LogP contribution in [0.1, 0.15) is 43.5 Å². The van der Waals surface area contributed by atoms with E-state index < -0.39 is 23.5 Å². The largest absolute Gasteiger partial charge is 0.386 e. The third-order valence-electron chi connectivity index (χ3n) is 5.32. The van der Waals surface area contributed by atoms with Crippen molar-refractivity contribution in [3.63, 3.8) is 0 Å². The molecule has 0 unspecified atom stereocenters. The van der Waals surface area contributed by atoms with Crippen LogP contribution in [0.5, 0.6) is 0 Å². The van der Waals surface area contributed by atoms with Crippen LogP contribution in [-0.2, 0) is 9.63 Å². The fourth-order valence-corrected chi connectivity index (χ4v) is 4.01. The number of hydrogen-bond donors (Lipinski definition) is 1. The van der Waals surface area contributed by atoms with Crippen LogP contribution in [0.15, 0.2) is 11.2 Å². The molecule has 4 rings (SSSR count). The summed E-state index contributed by atoms with van der Waals surface area (Å²) < 4.78 is 25.9. The van der Waals surface area contributed by atoms with Crippen molar-refractivity contribution in [1.82, 2.24) is 15.3 Å². The predicted molar refractivity (Wildman–Crippen MR) is 94.9 cm³/mol. The van der Waals surface area contributed by atoms with Gasteiger partial charge in [0, 0.05) is 43.2 Å². The van der Waals surface area contributed by atoms with E-state index in [9.17, 15) is 13.6 Å². The number of nitrogens with zero attached hydrogens (tertiary/aromatic N) is 4. The van der Waals surface area contributed by atoms with Gasteiger partial charge in [0.05, 0.1) is 6.54 Å². The molecule has 1 aliphatic carbocycles. The van der Waals surface area contributed by atoms with Gasteiger partial charge < -0.3 is 15.1 Å². The fraction of sp³-hybridized carbons (Fsp3) is 0.667. The minimum atomic E-state index is -2.66. The van der Waals surface area contributed by atoms with Crippen LogP contribution in [-0.4, -0.2) is 52.2 Å². The van der Waals surface area contributed by atoms with Crippen molar-refractivity contribution in [1.29, 1.82) is 0 Å². The lowest BCUT2D eigenvalue weighted by Gasteiger charge is -2.38. The van der Waals surface area contributed by atoms with Crippen LogP contribution in [0.2, 0.25) is 0 Å². The van der Waals surface area contributed by atoms with Gasteiger partial charge in [-0.2, -0.15) is 0 Å². The van der Waals surface area contributed by atoms with E-state index in [-0.39, 0.29) is 18.6 Å². The van der Waals surface area contributed by atoms with E-state index in [0.29, 0.717) is 18.9 Å². The van der Waals surface area contributed by atoms with Crippen molar-refractivity contribution < 1.29 is 18.4 Å². The maximum Gasteiger partial charge on any atom is 0.269 e. The van der Waals surface area contributed by atoms with Gasteiger partial charge in [0.2, 0.25) is 5.95 Å². The number of amides is 1. The van der Waals surface area contributed by atoms with Crippen molar-refractivity contribution in [3.05, 3.63) is 17.5 Å². The number of alkyl halides is 2. The normalized spacial score (nSPS) is 27.1. The summed E-state index contributed by atoms with van der Waals surface area (Å²) in [5, 5.41) is 6.60. The second-order valence-electron chi connectivity index (χ2n) is 7.90. The molecule has 7 nitrogen and oxygen atoms in total. The lowest BCUT2D eigenvalue weighted by molar-refractivity contribution is -0.123. The number of oxime groups is 1. The van der Waals surface area contributed by atoms with E-state index >= 15 is 0 Å². The predicted octanol–water partition coefficient (Wildman–Crippen LogP) is 2.12. The Morgan fingerprint density at radius 1 is 1.30 bits per heavy atom. The maximum absolute atomic E-state index is 12.9. The molecule has 146 valence electrons. The van der Waals surface area contributed by atoms with Crippen molar-refractivity contribution >= 4 is 17.6 Å². The molecule has 0 radical (unpaired) electrons. The number of anilines is 1. The number of rotatable bonds is 3. The Morgan fingerprint density at radius 2 is 2.00 bits per heavy atom. The molecule has 1 aromatic heterocycles. The second-order valence-corrected chi connectivity index (χ2v) is 7.90. The van der Waals surface area contributed by atoms with Crippen LogP contribution in [0.25, 0.3) is 0 Å². The highest BCUT2D eigenvalue weighted by Gasteiger charge is 2.48. The molecule has 1 N–H and O–H groups in total. The number of halogens is 2. The van der Waals surface area contributed by atoms with Gasteiger partial charge in [-0.15, -0.1) is 0 Å².